The summed E-state index contributed by atoms with van der Waals surface area (Å²) in [5.74, 6) is 1.43. The molecule has 0 bridgehead atoms. The van der Waals surface area contributed by atoms with Crippen molar-refractivity contribution in [3.05, 3.63) is 71.3 Å². The Kier molecular flexibility index (Phi) is 8.36. The number of likely N-dealkylation sites (tertiary alicyclic amines) is 1. The third-order valence-corrected chi connectivity index (χ3v) is 6.74. The van der Waals surface area contributed by atoms with Crippen LogP contribution in [0.2, 0.25) is 0 Å². The largest absolute Gasteiger partial charge is 0.356 e. The van der Waals surface area contributed by atoms with Crippen LogP contribution in [0.5, 0.6) is 0 Å². The van der Waals surface area contributed by atoms with Gasteiger partial charge in [0.25, 0.3) is 0 Å². The van der Waals surface area contributed by atoms with Crippen molar-refractivity contribution < 1.29 is 4.79 Å². The highest BCUT2D eigenvalue weighted by Gasteiger charge is 2.29. The van der Waals surface area contributed by atoms with Crippen molar-refractivity contribution in [1.29, 1.82) is 0 Å². The molecule has 176 valence electrons. The quantitative estimate of drug-likeness (QED) is 0.353. The van der Waals surface area contributed by atoms with Crippen LogP contribution in [-0.2, 0) is 24.2 Å². The summed E-state index contributed by atoms with van der Waals surface area (Å²) in [7, 11) is 1.81. The van der Waals surface area contributed by atoms with E-state index in [4.69, 9.17) is 0 Å². The van der Waals surface area contributed by atoms with Crippen LogP contribution in [0.25, 0.3) is 0 Å². The number of fused-ring (bicyclic) bond motifs is 1. The summed E-state index contributed by atoms with van der Waals surface area (Å²) in [6.45, 7) is 6.58. The molecule has 2 aromatic rings. The fraction of sp³-hybridized carbons (Fsp3) is 0.481. The maximum absolute atomic E-state index is 12.4. The average Bonchev–Trinajstić information content (AvgIpc) is 3.22. The summed E-state index contributed by atoms with van der Waals surface area (Å²) in [5, 5.41) is 6.86. The van der Waals surface area contributed by atoms with Crippen molar-refractivity contribution in [2.75, 3.05) is 46.3 Å². The monoisotopic (exact) mass is 447 g/mol. The molecule has 6 heteroatoms. The standard InChI is InChI=1S/C27H37N5O/c1-28-27(29-14-7-15-31-16-13-24-10-5-6-11-25(24)21-31)30-19-23-18-26(33)32(20-23)17-12-22-8-3-2-4-9-22/h2-6,8-11,23H,7,12-21H2,1H3,(H2,28,29,30). The summed E-state index contributed by atoms with van der Waals surface area (Å²) in [5.41, 5.74) is 4.25. The molecule has 1 fully saturated rings. The van der Waals surface area contributed by atoms with Gasteiger partial charge in [0.1, 0.15) is 0 Å². The van der Waals surface area contributed by atoms with E-state index in [1.54, 1.807) is 0 Å². The highest BCUT2D eigenvalue weighted by molar-refractivity contribution is 5.80. The van der Waals surface area contributed by atoms with Crippen LogP contribution < -0.4 is 10.6 Å². The maximum Gasteiger partial charge on any atom is 0.223 e. The number of rotatable bonds is 9. The molecule has 2 N–H and O–H groups in total. The van der Waals surface area contributed by atoms with E-state index in [1.165, 1.54) is 16.7 Å². The molecule has 4 rings (SSSR count). The molecule has 1 saturated heterocycles. The van der Waals surface area contributed by atoms with Gasteiger partial charge >= 0.3 is 0 Å². The third kappa shape index (κ3) is 6.81. The first-order valence-corrected chi connectivity index (χ1v) is 12.3. The number of aliphatic imine (C=N–C) groups is 1. The number of nitrogens with one attached hydrogen (secondary N) is 2. The minimum atomic E-state index is 0.267. The summed E-state index contributed by atoms with van der Waals surface area (Å²) >= 11 is 0. The van der Waals surface area contributed by atoms with Gasteiger partial charge in [-0.2, -0.15) is 0 Å². The average molecular weight is 448 g/mol. The summed E-state index contributed by atoms with van der Waals surface area (Å²) in [6, 6.07) is 19.2. The topological polar surface area (TPSA) is 60.0 Å². The number of hydrogen-bond donors (Lipinski definition) is 2. The van der Waals surface area contributed by atoms with Crippen LogP contribution in [0.3, 0.4) is 0 Å². The molecule has 0 aromatic heterocycles. The number of nitrogens with zero attached hydrogens (tertiary/aromatic N) is 3. The fourth-order valence-corrected chi connectivity index (χ4v) is 4.83. The predicted molar refractivity (Wildman–Crippen MR) is 134 cm³/mol. The van der Waals surface area contributed by atoms with Crippen LogP contribution in [0, 0.1) is 5.92 Å². The fourth-order valence-electron chi connectivity index (χ4n) is 4.83. The van der Waals surface area contributed by atoms with Gasteiger partial charge in [0.15, 0.2) is 5.96 Å². The Balaban J connectivity index is 1.11. The van der Waals surface area contributed by atoms with Gasteiger partial charge in [-0.3, -0.25) is 14.7 Å². The molecular formula is C27H37N5O. The number of amides is 1. The molecule has 1 atom stereocenters. The molecule has 33 heavy (non-hydrogen) atoms. The van der Waals surface area contributed by atoms with Gasteiger partial charge in [-0.25, -0.2) is 0 Å². The number of guanidine groups is 1. The highest BCUT2D eigenvalue weighted by Crippen LogP contribution is 2.19. The van der Waals surface area contributed by atoms with Gasteiger partial charge in [-0.05, 0) is 36.0 Å². The number of benzene rings is 2. The van der Waals surface area contributed by atoms with Gasteiger partial charge in [0.05, 0.1) is 0 Å². The Bertz CT molecular complexity index is 929. The van der Waals surface area contributed by atoms with Crippen LogP contribution in [0.1, 0.15) is 29.5 Å². The van der Waals surface area contributed by atoms with Crippen molar-refractivity contribution in [2.45, 2.75) is 32.2 Å². The maximum atomic E-state index is 12.4. The van der Waals surface area contributed by atoms with Gasteiger partial charge in [0.2, 0.25) is 5.91 Å². The molecule has 0 aliphatic carbocycles. The Morgan fingerprint density at radius 2 is 1.82 bits per heavy atom. The number of carbonyl (C=O) groups excluding carboxylic acids is 1. The Morgan fingerprint density at radius 1 is 1.03 bits per heavy atom. The summed E-state index contributed by atoms with van der Waals surface area (Å²) in [6.07, 6.45) is 3.76. The van der Waals surface area contributed by atoms with Crippen LogP contribution >= 0.6 is 0 Å². The Morgan fingerprint density at radius 3 is 2.64 bits per heavy atom. The predicted octanol–water partition coefficient (Wildman–Crippen LogP) is 2.69. The molecular weight excluding hydrogens is 410 g/mol. The molecule has 2 heterocycles. The van der Waals surface area contributed by atoms with Crippen molar-refractivity contribution in [3.63, 3.8) is 0 Å². The second kappa shape index (κ2) is 11.8. The molecule has 0 radical (unpaired) electrons. The smallest absolute Gasteiger partial charge is 0.223 e. The van der Waals surface area contributed by atoms with Gasteiger partial charge in [-0.1, -0.05) is 54.6 Å². The molecule has 1 amide bonds. The first kappa shape index (κ1) is 23.3. The van der Waals surface area contributed by atoms with Crippen molar-refractivity contribution >= 4 is 11.9 Å². The molecule has 0 saturated carbocycles. The van der Waals surface area contributed by atoms with Crippen molar-refractivity contribution in [1.82, 2.24) is 20.4 Å². The molecule has 6 nitrogen and oxygen atoms in total. The lowest BCUT2D eigenvalue weighted by atomic mass is 10.00. The highest BCUT2D eigenvalue weighted by atomic mass is 16.2. The van der Waals surface area contributed by atoms with Crippen LogP contribution in [0.15, 0.2) is 59.6 Å². The van der Waals surface area contributed by atoms with Crippen molar-refractivity contribution in [2.24, 2.45) is 10.9 Å². The zero-order valence-electron chi connectivity index (χ0n) is 19.8. The summed E-state index contributed by atoms with van der Waals surface area (Å²) in [4.78, 5) is 21.3. The SMILES string of the molecule is CN=C(NCCCN1CCc2ccccc2C1)NCC1CC(=O)N(CCc2ccccc2)C1. The van der Waals surface area contributed by atoms with E-state index in [2.05, 4.69) is 69.1 Å². The molecule has 1 unspecified atom stereocenters. The van der Waals surface area contributed by atoms with Crippen molar-refractivity contribution in [3.8, 4) is 0 Å². The first-order valence-electron chi connectivity index (χ1n) is 12.3. The van der Waals surface area contributed by atoms with E-state index in [0.29, 0.717) is 12.3 Å². The lowest BCUT2D eigenvalue weighted by molar-refractivity contribution is -0.127. The van der Waals surface area contributed by atoms with Crippen LogP contribution in [0.4, 0.5) is 0 Å². The molecule has 2 aliphatic heterocycles. The van der Waals surface area contributed by atoms with Crippen LogP contribution in [-0.4, -0.2) is 68.0 Å². The van der Waals surface area contributed by atoms with E-state index in [-0.39, 0.29) is 5.91 Å². The second-order valence-electron chi connectivity index (χ2n) is 9.17. The number of carbonyl (C=O) groups is 1. The second-order valence-corrected chi connectivity index (χ2v) is 9.17. The minimum absolute atomic E-state index is 0.267. The van der Waals surface area contributed by atoms with Gasteiger partial charge in [0, 0.05) is 65.2 Å². The Hall–Kier alpha value is -2.86. The zero-order chi connectivity index (χ0) is 22.9. The molecule has 2 aromatic carbocycles. The zero-order valence-corrected chi connectivity index (χ0v) is 19.8. The van der Waals surface area contributed by atoms with Gasteiger partial charge in [-0.15, -0.1) is 0 Å². The lowest BCUT2D eigenvalue weighted by Crippen LogP contribution is -2.41. The lowest BCUT2D eigenvalue weighted by Gasteiger charge is -2.28. The first-order chi connectivity index (χ1) is 16.2. The van der Waals surface area contributed by atoms with Gasteiger partial charge < -0.3 is 15.5 Å². The van der Waals surface area contributed by atoms with E-state index in [0.717, 1.165) is 71.0 Å². The minimum Gasteiger partial charge on any atom is -0.356 e. The third-order valence-electron chi connectivity index (χ3n) is 6.74. The Labute approximate surface area is 198 Å². The normalized spacial score (nSPS) is 18.9. The molecule has 2 aliphatic rings. The summed E-state index contributed by atoms with van der Waals surface area (Å²) < 4.78 is 0. The van der Waals surface area contributed by atoms with E-state index in [9.17, 15) is 4.79 Å². The van der Waals surface area contributed by atoms with E-state index in [1.807, 2.05) is 18.0 Å². The number of hydrogen-bond acceptors (Lipinski definition) is 3. The molecule has 0 spiro atoms. The van der Waals surface area contributed by atoms with E-state index >= 15 is 0 Å². The van der Waals surface area contributed by atoms with E-state index < -0.39 is 0 Å².